The first-order chi connectivity index (χ1) is 10.2. The Hall–Kier alpha value is -1.26. The highest BCUT2D eigenvalue weighted by molar-refractivity contribution is 5.44. The van der Waals surface area contributed by atoms with E-state index < -0.39 is 0 Å². The first kappa shape index (κ1) is 14.7. The topological polar surface area (TPSA) is 39.7 Å². The molecule has 0 amide bonds. The van der Waals surface area contributed by atoms with Crippen molar-refractivity contribution in [3.8, 4) is 11.5 Å². The number of fused-ring (bicyclic) bond motifs is 1. The van der Waals surface area contributed by atoms with E-state index in [-0.39, 0.29) is 11.6 Å². The Bertz CT molecular complexity index is 479. The zero-order chi connectivity index (χ0) is 14.7. The van der Waals surface area contributed by atoms with Gasteiger partial charge in [-0.05, 0) is 43.9 Å². The second kappa shape index (κ2) is 6.24. The minimum Gasteiger partial charge on any atom is -0.490 e. The number of hydrogen-bond acceptors (Lipinski definition) is 4. The average Bonchev–Trinajstić information content (AvgIpc) is 2.70. The third kappa shape index (κ3) is 3.16. The van der Waals surface area contributed by atoms with Gasteiger partial charge in [0.25, 0.3) is 0 Å². The molecule has 1 aliphatic carbocycles. The van der Waals surface area contributed by atoms with Crippen LogP contribution in [0.3, 0.4) is 0 Å². The van der Waals surface area contributed by atoms with Crippen LogP contribution in [0.25, 0.3) is 0 Å². The van der Waals surface area contributed by atoms with Crippen LogP contribution in [0.4, 0.5) is 0 Å². The average molecular weight is 291 g/mol. The summed E-state index contributed by atoms with van der Waals surface area (Å²) in [7, 11) is 1.82. The molecular weight excluding hydrogens is 266 g/mol. The summed E-state index contributed by atoms with van der Waals surface area (Å²) in [5, 5.41) is 3.59. The van der Waals surface area contributed by atoms with Gasteiger partial charge in [0.2, 0.25) is 0 Å². The zero-order valence-corrected chi connectivity index (χ0v) is 13.0. The lowest BCUT2D eigenvalue weighted by molar-refractivity contribution is -0.0706. The molecule has 0 aromatic heterocycles. The molecular formula is C17H25NO3. The van der Waals surface area contributed by atoms with Crippen LogP contribution in [0.15, 0.2) is 18.2 Å². The Morgan fingerprint density at radius 2 is 1.95 bits per heavy atom. The Labute approximate surface area is 126 Å². The highest BCUT2D eigenvalue weighted by Crippen LogP contribution is 2.35. The van der Waals surface area contributed by atoms with Crippen LogP contribution in [0, 0.1) is 0 Å². The molecule has 1 aliphatic heterocycles. The Morgan fingerprint density at radius 1 is 1.19 bits per heavy atom. The fourth-order valence-corrected chi connectivity index (χ4v) is 2.93. The highest BCUT2D eigenvalue weighted by atomic mass is 16.5. The van der Waals surface area contributed by atoms with Gasteiger partial charge in [0.15, 0.2) is 11.5 Å². The number of nitrogens with one attached hydrogen (secondary N) is 1. The summed E-state index contributed by atoms with van der Waals surface area (Å²) in [6.45, 7) is 4.54. The number of ether oxygens (including phenoxy) is 3. The molecule has 1 aromatic rings. The van der Waals surface area contributed by atoms with Crippen LogP contribution in [-0.2, 0) is 4.74 Å². The molecule has 1 N–H and O–H groups in total. The second-order valence-electron chi connectivity index (χ2n) is 6.10. The van der Waals surface area contributed by atoms with Crippen LogP contribution >= 0.6 is 0 Å². The molecule has 2 aliphatic rings. The summed E-state index contributed by atoms with van der Waals surface area (Å²) in [6.07, 6.45) is 4.52. The van der Waals surface area contributed by atoms with Crippen LogP contribution in [0.1, 0.15) is 44.2 Å². The van der Waals surface area contributed by atoms with Crippen molar-refractivity contribution < 1.29 is 14.2 Å². The summed E-state index contributed by atoms with van der Waals surface area (Å²) < 4.78 is 17.1. The fourth-order valence-electron chi connectivity index (χ4n) is 2.93. The summed E-state index contributed by atoms with van der Waals surface area (Å²) >= 11 is 0. The van der Waals surface area contributed by atoms with Crippen molar-refractivity contribution in [1.29, 1.82) is 0 Å². The third-order valence-corrected chi connectivity index (χ3v) is 4.70. The summed E-state index contributed by atoms with van der Waals surface area (Å²) in [6, 6.07) is 6.50. The van der Waals surface area contributed by atoms with Crippen molar-refractivity contribution in [3.05, 3.63) is 23.8 Å². The molecule has 1 saturated carbocycles. The van der Waals surface area contributed by atoms with E-state index in [1.165, 1.54) is 12.0 Å². The molecule has 0 radical (unpaired) electrons. The van der Waals surface area contributed by atoms with Crippen molar-refractivity contribution >= 4 is 0 Å². The normalized spacial score (nSPS) is 21.2. The molecule has 3 rings (SSSR count). The predicted molar refractivity (Wildman–Crippen MR) is 82.1 cm³/mol. The van der Waals surface area contributed by atoms with E-state index >= 15 is 0 Å². The van der Waals surface area contributed by atoms with Gasteiger partial charge in [-0.25, -0.2) is 0 Å². The van der Waals surface area contributed by atoms with Gasteiger partial charge in [-0.2, -0.15) is 0 Å². The smallest absolute Gasteiger partial charge is 0.161 e. The second-order valence-corrected chi connectivity index (χ2v) is 6.10. The van der Waals surface area contributed by atoms with Gasteiger partial charge in [-0.15, -0.1) is 0 Å². The Balaban J connectivity index is 1.64. The van der Waals surface area contributed by atoms with Crippen molar-refractivity contribution in [3.63, 3.8) is 0 Å². The first-order valence-electron chi connectivity index (χ1n) is 7.90. The molecule has 1 atom stereocenters. The van der Waals surface area contributed by atoms with Gasteiger partial charge >= 0.3 is 0 Å². The molecule has 0 bridgehead atoms. The monoisotopic (exact) mass is 291 g/mol. The Kier molecular flexibility index (Phi) is 4.36. The van der Waals surface area contributed by atoms with E-state index in [1.807, 2.05) is 13.2 Å². The van der Waals surface area contributed by atoms with E-state index in [4.69, 9.17) is 14.2 Å². The molecule has 116 valence electrons. The van der Waals surface area contributed by atoms with Crippen molar-refractivity contribution in [2.24, 2.45) is 0 Å². The number of benzene rings is 1. The van der Waals surface area contributed by atoms with E-state index in [2.05, 4.69) is 24.4 Å². The zero-order valence-electron chi connectivity index (χ0n) is 13.0. The predicted octanol–water partition coefficient (Wildman–Crippen LogP) is 3.07. The van der Waals surface area contributed by atoms with Gasteiger partial charge < -0.3 is 19.5 Å². The molecule has 1 aromatic carbocycles. The maximum atomic E-state index is 5.76. The van der Waals surface area contributed by atoms with Gasteiger partial charge in [0, 0.05) is 26.1 Å². The lowest BCUT2D eigenvalue weighted by Gasteiger charge is -2.41. The quantitative estimate of drug-likeness (QED) is 0.905. The lowest BCUT2D eigenvalue weighted by Crippen LogP contribution is -2.48. The van der Waals surface area contributed by atoms with Gasteiger partial charge in [0.05, 0.1) is 18.8 Å². The molecule has 4 heteroatoms. The maximum Gasteiger partial charge on any atom is 0.161 e. The van der Waals surface area contributed by atoms with Gasteiger partial charge in [-0.1, -0.05) is 6.07 Å². The van der Waals surface area contributed by atoms with Crippen molar-refractivity contribution in [2.75, 3.05) is 26.9 Å². The third-order valence-electron chi connectivity index (χ3n) is 4.70. The lowest BCUT2D eigenvalue weighted by atomic mass is 9.80. The maximum absolute atomic E-state index is 5.76. The minimum absolute atomic E-state index is 0.0551. The van der Waals surface area contributed by atoms with Crippen LogP contribution in [0.2, 0.25) is 0 Å². The first-order valence-corrected chi connectivity index (χ1v) is 7.90. The minimum atomic E-state index is 0.0551. The van der Waals surface area contributed by atoms with Crippen molar-refractivity contribution in [1.82, 2.24) is 5.32 Å². The summed E-state index contributed by atoms with van der Waals surface area (Å²) in [4.78, 5) is 0. The summed E-state index contributed by atoms with van der Waals surface area (Å²) in [5.41, 5.74) is 1.28. The standard InChI is InChI=1S/C17H25NO3/c1-13(18-12-17(19-2)7-3-8-17)14-5-6-15-16(11-14)21-10-4-9-20-15/h5-6,11,13,18H,3-4,7-10,12H2,1-2H3. The number of rotatable bonds is 5. The van der Waals surface area contributed by atoms with Crippen molar-refractivity contribution in [2.45, 2.75) is 44.2 Å². The SMILES string of the molecule is COC1(CNC(C)c2ccc3c(c2)OCCCO3)CCC1. The van der Waals surface area contributed by atoms with Crippen LogP contribution < -0.4 is 14.8 Å². The molecule has 4 nitrogen and oxygen atoms in total. The molecule has 1 unspecified atom stereocenters. The van der Waals surface area contributed by atoms with E-state index in [0.717, 1.165) is 50.5 Å². The van der Waals surface area contributed by atoms with E-state index in [9.17, 15) is 0 Å². The molecule has 1 heterocycles. The fraction of sp³-hybridized carbons (Fsp3) is 0.647. The Morgan fingerprint density at radius 3 is 2.62 bits per heavy atom. The van der Waals surface area contributed by atoms with E-state index in [0.29, 0.717) is 0 Å². The highest BCUT2D eigenvalue weighted by Gasteiger charge is 2.36. The number of hydrogen-bond donors (Lipinski definition) is 1. The number of methoxy groups -OCH3 is 1. The molecule has 0 spiro atoms. The van der Waals surface area contributed by atoms with Gasteiger partial charge in [-0.3, -0.25) is 0 Å². The van der Waals surface area contributed by atoms with Crippen LogP contribution in [-0.4, -0.2) is 32.5 Å². The van der Waals surface area contributed by atoms with Gasteiger partial charge in [0.1, 0.15) is 0 Å². The largest absolute Gasteiger partial charge is 0.490 e. The summed E-state index contributed by atoms with van der Waals surface area (Å²) in [5.74, 6) is 1.72. The molecule has 0 saturated heterocycles. The van der Waals surface area contributed by atoms with Crippen LogP contribution in [0.5, 0.6) is 11.5 Å². The molecule has 1 fully saturated rings. The van der Waals surface area contributed by atoms with E-state index in [1.54, 1.807) is 0 Å². The molecule has 21 heavy (non-hydrogen) atoms.